The van der Waals surface area contributed by atoms with Gasteiger partial charge >= 0.3 is 0 Å². The van der Waals surface area contributed by atoms with Gasteiger partial charge in [0.15, 0.2) is 0 Å². The lowest BCUT2D eigenvalue weighted by Crippen LogP contribution is -2.50. The van der Waals surface area contributed by atoms with Gasteiger partial charge in [-0.05, 0) is 35.4 Å². The zero-order chi connectivity index (χ0) is 23.7. The van der Waals surface area contributed by atoms with Gasteiger partial charge in [-0.2, -0.15) is 0 Å². The molecule has 4 amide bonds. The first-order chi connectivity index (χ1) is 16.3. The molecule has 2 heterocycles. The van der Waals surface area contributed by atoms with Crippen LogP contribution in [0.3, 0.4) is 0 Å². The van der Waals surface area contributed by atoms with Crippen molar-refractivity contribution >= 4 is 23.6 Å². The molecule has 1 saturated carbocycles. The second-order valence-corrected chi connectivity index (χ2v) is 9.42. The van der Waals surface area contributed by atoms with Crippen LogP contribution in [0.5, 0.6) is 0 Å². The van der Waals surface area contributed by atoms with Gasteiger partial charge in [-0.15, -0.1) is 0 Å². The Hall–Kier alpha value is -3.68. The molecule has 2 aromatic carbocycles. The minimum atomic E-state index is -0.688. The first-order valence-corrected chi connectivity index (χ1v) is 11.2. The van der Waals surface area contributed by atoms with Gasteiger partial charge in [-0.3, -0.25) is 29.0 Å². The summed E-state index contributed by atoms with van der Waals surface area (Å²) in [6, 6.07) is 11.2. The summed E-state index contributed by atoms with van der Waals surface area (Å²) >= 11 is 0. The van der Waals surface area contributed by atoms with Gasteiger partial charge in [-0.1, -0.05) is 36.4 Å². The SMILES string of the molecule is O=C1[C@@H]2C3C=CC([C@H]2C(=O)N1Cc1ccc(F)cc1)[C@@H]1C(=O)N(Cc2ccc(F)cc2)C(=O)[C@@H]31. The highest BCUT2D eigenvalue weighted by molar-refractivity contribution is 6.10. The van der Waals surface area contributed by atoms with E-state index in [4.69, 9.17) is 0 Å². The van der Waals surface area contributed by atoms with Crippen LogP contribution < -0.4 is 0 Å². The first-order valence-electron chi connectivity index (χ1n) is 11.2. The second-order valence-electron chi connectivity index (χ2n) is 9.42. The lowest BCUT2D eigenvalue weighted by atomic mass is 9.54. The van der Waals surface area contributed by atoms with Crippen LogP contribution in [0.1, 0.15) is 11.1 Å². The highest BCUT2D eigenvalue weighted by Gasteiger charge is 2.68. The number of rotatable bonds is 4. The number of hydrogen-bond donors (Lipinski definition) is 0. The zero-order valence-electron chi connectivity index (χ0n) is 17.9. The number of amides is 4. The average Bonchev–Trinajstić information content (AvgIpc) is 3.25. The third kappa shape index (κ3) is 2.90. The average molecular weight is 462 g/mol. The second kappa shape index (κ2) is 7.41. The van der Waals surface area contributed by atoms with E-state index in [1.165, 1.54) is 58.3 Å². The van der Waals surface area contributed by atoms with E-state index >= 15 is 0 Å². The standard InChI is InChI=1S/C26H20F2N2O4/c27-15-5-1-13(2-6-15)11-29-23(31)19-17-9-10-18(20(19)24(29)32)22-21(17)25(33)30(26(22)34)12-14-3-7-16(28)8-4-14/h1-10,17-22H,11-12H2/t17?,18?,19-,20-,21+,22+. The van der Waals surface area contributed by atoms with E-state index in [1.54, 1.807) is 0 Å². The third-order valence-electron chi connectivity index (χ3n) is 7.70. The van der Waals surface area contributed by atoms with Crippen molar-refractivity contribution in [3.8, 4) is 0 Å². The molecule has 2 aliphatic heterocycles. The van der Waals surface area contributed by atoms with E-state index in [1.807, 2.05) is 12.2 Å². The minimum Gasteiger partial charge on any atom is -0.278 e. The molecule has 6 atom stereocenters. The van der Waals surface area contributed by atoms with Crippen LogP contribution in [0, 0.1) is 47.1 Å². The Morgan fingerprint density at radius 3 is 1.12 bits per heavy atom. The van der Waals surface area contributed by atoms with Crippen molar-refractivity contribution in [2.75, 3.05) is 0 Å². The molecule has 2 aromatic rings. The number of carbonyl (C=O) groups excluding carboxylic acids is 4. The number of imide groups is 2. The molecular weight excluding hydrogens is 442 g/mol. The molecule has 3 aliphatic carbocycles. The van der Waals surface area contributed by atoms with Crippen LogP contribution in [0.25, 0.3) is 0 Å². The molecule has 0 radical (unpaired) electrons. The predicted molar refractivity (Wildman–Crippen MR) is 114 cm³/mol. The molecule has 7 rings (SSSR count). The molecule has 0 spiro atoms. The maximum atomic E-state index is 13.3. The van der Waals surface area contributed by atoms with Crippen LogP contribution in [-0.2, 0) is 32.3 Å². The van der Waals surface area contributed by atoms with Crippen molar-refractivity contribution in [1.82, 2.24) is 9.80 Å². The smallest absolute Gasteiger partial charge is 0.234 e. The minimum absolute atomic E-state index is 0.0261. The normalized spacial score (nSPS) is 31.5. The van der Waals surface area contributed by atoms with E-state index in [0.29, 0.717) is 11.1 Å². The van der Waals surface area contributed by atoms with E-state index in [0.717, 1.165) is 0 Å². The Morgan fingerprint density at radius 2 is 0.824 bits per heavy atom. The number of benzene rings is 2. The summed E-state index contributed by atoms with van der Waals surface area (Å²) in [7, 11) is 0. The Labute approximate surface area is 193 Å². The van der Waals surface area contributed by atoms with E-state index in [9.17, 15) is 28.0 Å². The summed E-state index contributed by atoms with van der Waals surface area (Å²) < 4.78 is 26.5. The van der Waals surface area contributed by atoms with Gasteiger partial charge in [-0.25, -0.2) is 8.78 Å². The van der Waals surface area contributed by atoms with Crippen LogP contribution in [0.15, 0.2) is 60.7 Å². The van der Waals surface area contributed by atoms with Crippen molar-refractivity contribution in [1.29, 1.82) is 0 Å². The predicted octanol–water partition coefficient (Wildman–Crippen LogP) is 2.68. The Bertz CT molecular complexity index is 1120. The van der Waals surface area contributed by atoms with Crippen molar-refractivity contribution in [2.24, 2.45) is 35.5 Å². The van der Waals surface area contributed by atoms with Gasteiger partial charge in [0.2, 0.25) is 23.6 Å². The summed E-state index contributed by atoms with van der Waals surface area (Å²) in [5, 5.41) is 0. The summed E-state index contributed by atoms with van der Waals surface area (Å²) in [5.74, 6) is -6.06. The monoisotopic (exact) mass is 462 g/mol. The maximum Gasteiger partial charge on any atom is 0.234 e. The van der Waals surface area contributed by atoms with Gasteiger partial charge in [0.1, 0.15) is 11.6 Å². The summed E-state index contributed by atoms with van der Waals surface area (Å²) in [6.45, 7) is 0.0522. The highest BCUT2D eigenvalue weighted by Crippen LogP contribution is 2.58. The summed E-state index contributed by atoms with van der Waals surface area (Å²) in [5.41, 5.74) is 1.25. The van der Waals surface area contributed by atoms with Crippen LogP contribution in [0.2, 0.25) is 0 Å². The third-order valence-corrected chi connectivity index (χ3v) is 7.70. The number of hydrogen-bond acceptors (Lipinski definition) is 4. The highest BCUT2D eigenvalue weighted by atomic mass is 19.1. The number of halogens is 2. The van der Waals surface area contributed by atoms with Gasteiger partial charge < -0.3 is 0 Å². The fraction of sp³-hybridized carbons (Fsp3) is 0.308. The van der Waals surface area contributed by atoms with E-state index in [2.05, 4.69) is 0 Å². The molecule has 5 aliphatic rings. The maximum absolute atomic E-state index is 13.3. The quantitative estimate of drug-likeness (QED) is 0.517. The molecule has 2 bridgehead atoms. The molecule has 8 heteroatoms. The van der Waals surface area contributed by atoms with Crippen LogP contribution >= 0.6 is 0 Å². The van der Waals surface area contributed by atoms with E-state index < -0.39 is 47.1 Å². The summed E-state index contributed by atoms with van der Waals surface area (Å²) in [6.07, 6.45) is 3.62. The number of carbonyl (C=O) groups is 4. The number of likely N-dealkylation sites (tertiary alicyclic amines) is 2. The molecule has 0 N–H and O–H groups in total. The molecule has 6 nitrogen and oxygen atoms in total. The topological polar surface area (TPSA) is 74.8 Å². The van der Waals surface area contributed by atoms with E-state index in [-0.39, 0.29) is 36.7 Å². The van der Waals surface area contributed by atoms with Crippen LogP contribution in [0.4, 0.5) is 8.78 Å². The molecule has 34 heavy (non-hydrogen) atoms. The van der Waals surface area contributed by atoms with Gasteiger partial charge in [0.25, 0.3) is 0 Å². The fourth-order valence-corrected chi connectivity index (χ4v) is 6.21. The van der Waals surface area contributed by atoms with Crippen LogP contribution in [-0.4, -0.2) is 33.4 Å². The number of allylic oxidation sites excluding steroid dienone is 2. The Kier molecular flexibility index (Phi) is 4.56. The molecular formula is C26H20F2N2O4. The fourth-order valence-electron chi connectivity index (χ4n) is 6.21. The van der Waals surface area contributed by atoms with Gasteiger partial charge in [0, 0.05) is 11.8 Å². The van der Waals surface area contributed by atoms with Crippen molar-refractivity contribution in [3.05, 3.63) is 83.4 Å². The molecule has 2 unspecified atom stereocenters. The molecule has 172 valence electrons. The first kappa shape index (κ1) is 20.9. The van der Waals surface area contributed by atoms with Crippen molar-refractivity contribution < 1.29 is 28.0 Å². The molecule has 0 aromatic heterocycles. The zero-order valence-corrected chi connectivity index (χ0v) is 17.9. The van der Waals surface area contributed by atoms with Gasteiger partial charge in [0.05, 0.1) is 36.8 Å². The molecule has 3 fully saturated rings. The number of nitrogens with zero attached hydrogens (tertiary/aromatic N) is 2. The Balaban J connectivity index is 1.28. The Morgan fingerprint density at radius 1 is 0.529 bits per heavy atom. The summed E-state index contributed by atoms with van der Waals surface area (Å²) in [4.78, 5) is 55.7. The molecule has 2 saturated heterocycles. The lowest BCUT2D eigenvalue weighted by Gasteiger charge is -2.44. The van der Waals surface area contributed by atoms with Crippen molar-refractivity contribution in [3.63, 3.8) is 0 Å². The van der Waals surface area contributed by atoms with Crippen molar-refractivity contribution in [2.45, 2.75) is 13.1 Å². The lowest BCUT2D eigenvalue weighted by molar-refractivity contribution is -0.140. The largest absolute Gasteiger partial charge is 0.278 e.